The molecule has 2 N–H and O–H groups in total. The second-order valence-electron chi connectivity index (χ2n) is 5.78. The van der Waals surface area contributed by atoms with Crippen LogP contribution in [0, 0.1) is 0 Å². The molecule has 0 saturated heterocycles. The number of aromatic nitrogens is 2. The molecule has 148 valence electrons. The van der Waals surface area contributed by atoms with E-state index in [2.05, 4.69) is 20.6 Å². The maximum absolute atomic E-state index is 11.6. The molecule has 1 aromatic carbocycles. The summed E-state index contributed by atoms with van der Waals surface area (Å²) in [6.45, 7) is 1.13. The number of thiazole rings is 1. The zero-order valence-electron chi connectivity index (χ0n) is 15.4. The number of pyridine rings is 1. The van der Waals surface area contributed by atoms with Gasteiger partial charge in [0, 0.05) is 30.4 Å². The highest BCUT2D eigenvalue weighted by Gasteiger charge is 2.11. The number of hydrogen-bond donors (Lipinski definition) is 2. The number of likely N-dealkylation sites (N-methyl/N-ethyl adjacent to an activating group) is 1. The van der Waals surface area contributed by atoms with Crippen LogP contribution < -0.4 is 20.1 Å². The molecule has 0 atom stereocenters. The van der Waals surface area contributed by atoms with Gasteiger partial charge in [0.25, 0.3) is 0 Å². The number of nitrogens with zero attached hydrogens (tertiary/aromatic N) is 2. The summed E-state index contributed by atoms with van der Waals surface area (Å²) >= 11 is 1.45. The summed E-state index contributed by atoms with van der Waals surface area (Å²) in [7, 11) is -1.41. The Labute approximate surface area is 167 Å². The quantitative estimate of drug-likeness (QED) is 0.509. The lowest BCUT2D eigenvalue weighted by atomic mass is 10.3. The van der Waals surface area contributed by atoms with Crippen molar-refractivity contribution < 1.29 is 17.9 Å². The summed E-state index contributed by atoms with van der Waals surface area (Å²) in [5, 5.41) is 8.71. The van der Waals surface area contributed by atoms with Gasteiger partial charge >= 0.3 is 0 Å². The fourth-order valence-electron chi connectivity index (χ4n) is 2.23. The van der Waals surface area contributed by atoms with Gasteiger partial charge in [-0.05, 0) is 31.3 Å². The van der Waals surface area contributed by atoms with Crippen LogP contribution >= 0.6 is 11.3 Å². The van der Waals surface area contributed by atoms with Gasteiger partial charge in [-0.1, -0.05) is 0 Å². The smallest absolute Gasteiger partial charge is 0.188 e. The van der Waals surface area contributed by atoms with E-state index in [1.807, 2.05) is 12.4 Å². The maximum Gasteiger partial charge on any atom is 0.188 e. The van der Waals surface area contributed by atoms with Crippen LogP contribution in [0.5, 0.6) is 17.2 Å². The first-order valence-corrected chi connectivity index (χ1v) is 11.1. The van der Waals surface area contributed by atoms with Crippen LogP contribution in [-0.4, -0.2) is 44.8 Å². The van der Waals surface area contributed by atoms with Crippen molar-refractivity contribution >= 4 is 32.1 Å². The minimum atomic E-state index is -3.25. The minimum absolute atomic E-state index is 0.233. The third-order valence-corrected chi connectivity index (χ3v) is 5.40. The van der Waals surface area contributed by atoms with Gasteiger partial charge < -0.3 is 20.1 Å². The van der Waals surface area contributed by atoms with E-state index >= 15 is 0 Å². The predicted octanol–water partition coefficient (Wildman–Crippen LogP) is 3.08. The van der Waals surface area contributed by atoms with Crippen molar-refractivity contribution in [1.82, 2.24) is 15.3 Å². The third kappa shape index (κ3) is 5.41. The number of anilines is 2. The Morgan fingerprint density at radius 3 is 2.57 bits per heavy atom. The van der Waals surface area contributed by atoms with E-state index in [0.29, 0.717) is 41.3 Å². The predicted molar refractivity (Wildman–Crippen MR) is 109 cm³/mol. The zero-order chi connectivity index (χ0) is 20.0. The first kappa shape index (κ1) is 20.1. The minimum Gasteiger partial charge on any atom is -0.488 e. The van der Waals surface area contributed by atoms with E-state index < -0.39 is 9.84 Å². The van der Waals surface area contributed by atoms with Gasteiger partial charge in [0.15, 0.2) is 26.5 Å². The van der Waals surface area contributed by atoms with Crippen LogP contribution in [0.1, 0.15) is 0 Å². The van der Waals surface area contributed by atoms with Gasteiger partial charge in [-0.15, -0.1) is 11.3 Å². The molecule has 0 spiro atoms. The topological polar surface area (TPSA) is 102 Å². The molecule has 0 aliphatic heterocycles. The van der Waals surface area contributed by atoms with E-state index in [-0.39, 0.29) is 4.90 Å². The van der Waals surface area contributed by atoms with Crippen LogP contribution in [-0.2, 0) is 9.84 Å². The Balaban J connectivity index is 1.79. The average molecular weight is 421 g/mol. The lowest BCUT2D eigenvalue weighted by Gasteiger charge is -2.13. The number of rotatable bonds is 9. The van der Waals surface area contributed by atoms with Gasteiger partial charge in [-0.2, -0.15) is 0 Å². The largest absolute Gasteiger partial charge is 0.488 e. The lowest BCUT2D eigenvalue weighted by Crippen LogP contribution is -2.16. The first-order valence-electron chi connectivity index (χ1n) is 8.37. The molecule has 0 unspecified atom stereocenters. The Bertz CT molecular complexity index is 1010. The van der Waals surface area contributed by atoms with Crippen LogP contribution in [0.2, 0.25) is 0 Å². The van der Waals surface area contributed by atoms with E-state index in [1.54, 1.807) is 30.6 Å². The number of benzene rings is 1. The summed E-state index contributed by atoms with van der Waals surface area (Å²) < 4.78 is 34.7. The molecule has 3 rings (SSSR count). The van der Waals surface area contributed by atoms with Crippen molar-refractivity contribution in [2.75, 3.05) is 31.8 Å². The van der Waals surface area contributed by atoms with Crippen LogP contribution in [0.15, 0.2) is 53.0 Å². The van der Waals surface area contributed by atoms with Crippen LogP contribution in [0.3, 0.4) is 0 Å². The lowest BCUT2D eigenvalue weighted by molar-refractivity contribution is 0.317. The van der Waals surface area contributed by atoms with Crippen molar-refractivity contribution in [3.8, 4) is 17.2 Å². The van der Waals surface area contributed by atoms with Crippen molar-refractivity contribution in [3.63, 3.8) is 0 Å². The van der Waals surface area contributed by atoms with Gasteiger partial charge in [0.05, 0.1) is 11.1 Å². The van der Waals surface area contributed by atoms with Crippen molar-refractivity contribution in [2.45, 2.75) is 4.90 Å². The standard InChI is InChI=1S/C18H20N4O4S2/c1-19-7-9-25-16-11-14(12-21-17(16)22-18-20-8-10-27-18)26-13-3-5-15(6-4-13)28(2,23)24/h3-6,8,10-12,19H,7,9H2,1-2H3,(H,20,21,22). The molecule has 0 bridgehead atoms. The molecule has 0 aliphatic carbocycles. The molecule has 2 heterocycles. The Morgan fingerprint density at radius 2 is 1.93 bits per heavy atom. The van der Waals surface area contributed by atoms with Crippen LogP contribution in [0.25, 0.3) is 0 Å². The molecule has 0 fully saturated rings. The van der Waals surface area contributed by atoms with Gasteiger partial charge in [-0.3, -0.25) is 0 Å². The molecule has 2 aromatic heterocycles. The summed E-state index contributed by atoms with van der Waals surface area (Å²) in [5.74, 6) is 2.02. The summed E-state index contributed by atoms with van der Waals surface area (Å²) in [4.78, 5) is 8.79. The molecule has 0 radical (unpaired) electrons. The summed E-state index contributed by atoms with van der Waals surface area (Å²) in [5.41, 5.74) is 0. The Morgan fingerprint density at radius 1 is 1.14 bits per heavy atom. The first-order chi connectivity index (χ1) is 13.5. The molecule has 0 saturated carbocycles. The van der Waals surface area contributed by atoms with Gasteiger partial charge in [0.2, 0.25) is 0 Å². The van der Waals surface area contributed by atoms with E-state index in [4.69, 9.17) is 9.47 Å². The van der Waals surface area contributed by atoms with Crippen molar-refractivity contribution in [1.29, 1.82) is 0 Å². The molecule has 28 heavy (non-hydrogen) atoms. The zero-order valence-corrected chi connectivity index (χ0v) is 17.0. The summed E-state index contributed by atoms with van der Waals surface area (Å²) in [6.07, 6.45) is 4.42. The maximum atomic E-state index is 11.6. The van der Waals surface area contributed by atoms with E-state index in [1.165, 1.54) is 23.5 Å². The number of sulfone groups is 1. The Kier molecular flexibility index (Phi) is 6.45. The normalized spacial score (nSPS) is 11.2. The second-order valence-corrected chi connectivity index (χ2v) is 8.69. The van der Waals surface area contributed by atoms with E-state index in [0.717, 1.165) is 6.26 Å². The Hall–Kier alpha value is -2.69. The molecule has 8 nitrogen and oxygen atoms in total. The van der Waals surface area contributed by atoms with Crippen molar-refractivity contribution in [3.05, 3.63) is 48.1 Å². The SMILES string of the molecule is CNCCOc1cc(Oc2ccc(S(C)(=O)=O)cc2)cnc1Nc1nccs1. The number of ether oxygens (including phenoxy) is 2. The molecule has 10 heteroatoms. The molecule has 3 aromatic rings. The molecule has 0 amide bonds. The second kappa shape index (κ2) is 9.00. The fraction of sp³-hybridized carbons (Fsp3) is 0.222. The molecule has 0 aliphatic rings. The van der Waals surface area contributed by atoms with Gasteiger partial charge in [-0.25, -0.2) is 18.4 Å². The van der Waals surface area contributed by atoms with Crippen LogP contribution in [0.4, 0.5) is 10.9 Å². The highest BCUT2D eigenvalue weighted by atomic mass is 32.2. The van der Waals surface area contributed by atoms with Crippen molar-refractivity contribution in [2.24, 2.45) is 0 Å². The van der Waals surface area contributed by atoms with E-state index in [9.17, 15) is 8.42 Å². The average Bonchev–Trinajstić information content (AvgIpc) is 3.17. The third-order valence-electron chi connectivity index (χ3n) is 3.58. The molecular weight excluding hydrogens is 400 g/mol. The van der Waals surface area contributed by atoms with Gasteiger partial charge in [0.1, 0.15) is 18.1 Å². The number of hydrogen-bond acceptors (Lipinski definition) is 9. The fourth-order valence-corrected chi connectivity index (χ4v) is 3.39. The monoisotopic (exact) mass is 420 g/mol. The molecular formula is C18H20N4O4S2. The summed E-state index contributed by atoms with van der Waals surface area (Å²) in [6, 6.07) is 7.92. The number of nitrogens with one attached hydrogen (secondary N) is 2. The highest BCUT2D eigenvalue weighted by Crippen LogP contribution is 2.32. The highest BCUT2D eigenvalue weighted by molar-refractivity contribution is 7.90.